The van der Waals surface area contributed by atoms with Crippen LogP contribution in [0, 0.1) is 5.92 Å². The molecular formula is C12H24N4O. The predicted molar refractivity (Wildman–Crippen MR) is 67.4 cm³/mol. The van der Waals surface area contributed by atoms with Crippen molar-refractivity contribution in [3.05, 3.63) is 11.4 Å². The van der Waals surface area contributed by atoms with Crippen LogP contribution in [0.15, 0.2) is 0 Å². The highest BCUT2D eigenvalue weighted by atomic mass is 16.2. The summed E-state index contributed by atoms with van der Waals surface area (Å²) in [6.45, 7) is 5.93. The number of aliphatic hydroxyl groups is 1. The Bertz CT molecular complexity index is 322. The zero-order chi connectivity index (χ0) is 12.7. The number of nitrogens with two attached hydrogens (primary N) is 1. The number of aryl methyl sites for hydroxylation is 1. The summed E-state index contributed by atoms with van der Waals surface area (Å²) in [7, 11) is 0. The van der Waals surface area contributed by atoms with Crippen molar-refractivity contribution in [2.24, 2.45) is 11.7 Å². The van der Waals surface area contributed by atoms with E-state index in [4.69, 9.17) is 10.8 Å². The van der Waals surface area contributed by atoms with Gasteiger partial charge < -0.3 is 10.8 Å². The molecule has 0 amide bonds. The Labute approximate surface area is 103 Å². The number of aromatic nitrogens is 3. The van der Waals surface area contributed by atoms with Crippen LogP contribution >= 0.6 is 0 Å². The van der Waals surface area contributed by atoms with Crippen molar-refractivity contribution in [2.45, 2.75) is 52.6 Å². The largest absolute Gasteiger partial charge is 0.396 e. The normalized spacial score (nSPS) is 11.4. The van der Waals surface area contributed by atoms with Crippen LogP contribution < -0.4 is 5.73 Å². The van der Waals surface area contributed by atoms with Gasteiger partial charge in [-0.05, 0) is 31.6 Å². The number of aliphatic hydroxyl groups excluding tert-OH is 1. The van der Waals surface area contributed by atoms with Crippen LogP contribution in [0.25, 0.3) is 0 Å². The minimum atomic E-state index is 0.236. The van der Waals surface area contributed by atoms with Gasteiger partial charge in [0.05, 0.1) is 11.4 Å². The SMILES string of the molecule is CC(C)CCc1c(CN)nnn1CCCCO. The van der Waals surface area contributed by atoms with E-state index in [1.807, 2.05) is 4.68 Å². The fraction of sp³-hybridized carbons (Fsp3) is 0.833. The molecule has 1 aromatic rings. The molecule has 0 aliphatic rings. The molecule has 1 aromatic heterocycles. The Balaban J connectivity index is 2.64. The van der Waals surface area contributed by atoms with Gasteiger partial charge in [-0.1, -0.05) is 19.1 Å². The van der Waals surface area contributed by atoms with Crippen LogP contribution in [0.5, 0.6) is 0 Å². The van der Waals surface area contributed by atoms with Crippen LogP contribution in [0.1, 0.15) is 44.5 Å². The average molecular weight is 240 g/mol. The third-order valence-corrected chi connectivity index (χ3v) is 2.85. The number of nitrogens with zero attached hydrogens (tertiary/aromatic N) is 3. The van der Waals surface area contributed by atoms with E-state index in [2.05, 4.69) is 24.2 Å². The molecule has 0 bridgehead atoms. The molecule has 0 aromatic carbocycles. The summed E-state index contributed by atoms with van der Waals surface area (Å²) in [5.41, 5.74) is 7.75. The van der Waals surface area contributed by atoms with E-state index in [-0.39, 0.29) is 6.61 Å². The predicted octanol–water partition coefficient (Wildman–Crippen LogP) is 1.10. The molecule has 1 heterocycles. The van der Waals surface area contributed by atoms with Crippen LogP contribution in [-0.4, -0.2) is 26.7 Å². The second kappa shape index (κ2) is 7.40. The number of hydrogen-bond donors (Lipinski definition) is 2. The Kier molecular flexibility index (Phi) is 6.15. The highest BCUT2D eigenvalue weighted by Gasteiger charge is 2.11. The van der Waals surface area contributed by atoms with Crippen molar-refractivity contribution in [1.82, 2.24) is 15.0 Å². The fourth-order valence-corrected chi connectivity index (χ4v) is 1.78. The van der Waals surface area contributed by atoms with E-state index < -0.39 is 0 Å². The van der Waals surface area contributed by atoms with Crippen molar-refractivity contribution < 1.29 is 5.11 Å². The molecule has 17 heavy (non-hydrogen) atoms. The lowest BCUT2D eigenvalue weighted by Crippen LogP contribution is -2.09. The number of hydrogen-bond acceptors (Lipinski definition) is 4. The molecule has 3 N–H and O–H groups in total. The van der Waals surface area contributed by atoms with Crippen molar-refractivity contribution in [3.8, 4) is 0 Å². The minimum Gasteiger partial charge on any atom is -0.396 e. The molecule has 0 spiro atoms. The van der Waals surface area contributed by atoms with E-state index in [9.17, 15) is 0 Å². The van der Waals surface area contributed by atoms with Crippen LogP contribution in [0.2, 0.25) is 0 Å². The molecule has 0 aliphatic heterocycles. The highest BCUT2D eigenvalue weighted by molar-refractivity contribution is 5.10. The molecule has 5 heteroatoms. The fourth-order valence-electron chi connectivity index (χ4n) is 1.78. The van der Waals surface area contributed by atoms with Crippen LogP contribution in [-0.2, 0) is 19.5 Å². The molecule has 0 unspecified atom stereocenters. The number of rotatable bonds is 8. The van der Waals surface area contributed by atoms with Crippen molar-refractivity contribution in [3.63, 3.8) is 0 Å². The van der Waals surface area contributed by atoms with Gasteiger partial charge in [-0.15, -0.1) is 5.10 Å². The lowest BCUT2D eigenvalue weighted by atomic mass is 10.1. The van der Waals surface area contributed by atoms with Gasteiger partial charge in [-0.3, -0.25) is 0 Å². The summed E-state index contributed by atoms with van der Waals surface area (Å²) in [5, 5.41) is 17.0. The Hall–Kier alpha value is -0.940. The third-order valence-electron chi connectivity index (χ3n) is 2.85. The highest BCUT2D eigenvalue weighted by Crippen LogP contribution is 2.12. The Morgan fingerprint density at radius 1 is 1.35 bits per heavy atom. The van der Waals surface area contributed by atoms with E-state index in [0.29, 0.717) is 12.5 Å². The smallest absolute Gasteiger partial charge is 0.0994 e. The van der Waals surface area contributed by atoms with E-state index in [1.54, 1.807) is 0 Å². The van der Waals surface area contributed by atoms with E-state index >= 15 is 0 Å². The lowest BCUT2D eigenvalue weighted by molar-refractivity contribution is 0.279. The summed E-state index contributed by atoms with van der Waals surface area (Å²) in [6.07, 6.45) is 3.84. The average Bonchev–Trinajstić information content (AvgIpc) is 2.69. The molecule has 0 aliphatic carbocycles. The maximum Gasteiger partial charge on any atom is 0.0994 e. The van der Waals surface area contributed by atoms with Gasteiger partial charge in [0.15, 0.2) is 0 Å². The summed E-state index contributed by atoms with van der Waals surface area (Å²) < 4.78 is 1.94. The summed E-state index contributed by atoms with van der Waals surface area (Å²) >= 11 is 0. The molecule has 5 nitrogen and oxygen atoms in total. The van der Waals surface area contributed by atoms with E-state index in [1.165, 1.54) is 5.69 Å². The first-order valence-electron chi connectivity index (χ1n) is 6.41. The lowest BCUT2D eigenvalue weighted by Gasteiger charge is -2.09. The van der Waals surface area contributed by atoms with Gasteiger partial charge >= 0.3 is 0 Å². The van der Waals surface area contributed by atoms with Gasteiger partial charge in [0.2, 0.25) is 0 Å². The van der Waals surface area contributed by atoms with Gasteiger partial charge in [-0.25, -0.2) is 4.68 Å². The first-order valence-corrected chi connectivity index (χ1v) is 6.41. The van der Waals surface area contributed by atoms with Gasteiger partial charge in [-0.2, -0.15) is 0 Å². The zero-order valence-electron chi connectivity index (χ0n) is 10.9. The molecule has 0 radical (unpaired) electrons. The molecule has 98 valence electrons. The molecule has 0 saturated carbocycles. The van der Waals surface area contributed by atoms with Crippen LogP contribution in [0.3, 0.4) is 0 Å². The van der Waals surface area contributed by atoms with Crippen LogP contribution in [0.4, 0.5) is 0 Å². The second-order valence-corrected chi connectivity index (χ2v) is 4.77. The Morgan fingerprint density at radius 3 is 2.71 bits per heavy atom. The maximum absolute atomic E-state index is 8.78. The molecular weight excluding hydrogens is 216 g/mol. The van der Waals surface area contributed by atoms with E-state index in [0.717, 1.165) is 37.9 Å². The first kappa shape index (κ1) is 14.1. The molecule has 0 atom stereocenters. The zero-order valence-corrected chi connectivity index (χ0v) is 10.9. The van der Waals surface area contributed by atoms with Crippen molar-refractivity contribution >= 4 is 0 Å². The summed E-state index contributed by atoms with van der Waals surface area (Å²) in [5.74, 6) is 0.668. The third kappa shape index (κ3) is 4.44. The number of unbranched alkanes of at least 4 members (excludes halogenated alkanes) is 1. The Morgan fingerprint density at radius 2 is 2.12 bits per heavy atom. The van der Waals surface area contributed by atoms with Crippen molar-refractivity contribution in [1.29, 1.82) is 0 Å². The second-order valence-electron chi connectivity index (χ2n) is 4.77. The van der Waals surface area contributed by atoms with Gasteiger partial charge in [0, 0.05) is 19.7 Å². The molecule has 1 rings (SSSR count). The topological polar surface area (TPSA) is 77.0 Å². The first-order chi connectivity index (χ1) is 8.19. The van der Waals surface area contributed by atoms with Gasteiger partial charge in [0.1, 0.15) is 0 Å². The summed E-state index contributed by atoms with van der Waals surface area (Å²) in [6, 6.07) is 0. The standard InChI is InChI=1S/C12H24N4O/c1-10(2)5-6-12-11(9-13)14-15-16(12)7-3-4-8-17/h10,17H,3-9,13H2,1-2H3. The van der Waals surface area contributed by atoms with Gasteiger partial charge in [0.25, 0.3) is 0 Å². The summed E-state index contributed by atoms with van der Waals surface area (Å²) in [4.78, 5) is 0. The monoisotopic (exact) mass is 240 g/mol. The quantitative estimate of drug-likeness (QED) is 0.667. The molecule has 0 saturated heterocycles. The van der Waals surface area contributed by atoms with Crippen molar-refractivity contribution in [2.75, 3.05) is 6.61 Å². The minimum absolute atomic E-state index is 0.236. The maximum atomic E-state index is 8.78. The molecule has 0 fully saturated rings.